The number of carbonyl (C=O) groups is 4. The molecule has 1 aliphatic carbocycles. The van der Waals surface area contributed by atoms with Gasteiger partial charge >= 0.3 is 5.97 Å². The van der Waals surface area contributed by atoms with Gasteiger partial charge in [0.1, 0.15) is 6.04 Å². The lowest BCUT2D eigenvalue weighted by atomic mass is 9.81. The van der Waals surface area contributed by atoms with E-state index in [2.05, 4.69) is 5.32 Å². The van der Waals surface area contributed by atoms with Crippen molar-refractivity contribution in [3.05, 3.63) is 0 Å². The highest BCUT2D eigenvalue weighted by atomic mass is 32.2. The number of aliphatic carboxylic acids is 1. The molecule has 9 heteroatoms. The Bertz CT molecular complexity index is 577. The van der Waals surface area contributed by atoms with E-state index in [0.717, 1.165) is 43.9 Å². The number of likely N-dealkylation sites (tertiary alicyclic amines) is 1. The highest BCUT2D eigenvalue weighted by Crippen LogP contribution is 2.32. The largest absolute Gasteiger partial charge is 0.480 e. The summed E-state index contributed by atoms with van der Waals surface area (Å²) in [6, 6.07) is -1.04. The average Bonchev–Trinajstić information content (AvgIpc) is 2.92. The van der Waals surface area contributed by atoms with Crippen LogP contribution in [0.1, 0.15) is 45.4 Å². The highest BCUT2D eigenvalue weighted by molar-refractivity contribution is 8.00. The highest BCUT2D eigenvalue weighted by Gasteiger charge is 2.40. The predicted molar refractivity (Wildman–Crippen MR) is 102 cm³/mol. The molecule has 1 saturated heterocycles. The third kappa shape index (κ3) is 5.93. The van der Waals surface area contributed by atoms with Crippen molar-refractivity contribution in [3.63, 3.8) is 0 Å². The van der Waals surface area contributed by atoms with Crippen molar-refractivity contribution in [1.82, 2.24) is 10.2 Å². The Balaban J connectivity index is 1.79. The summed E-state index contributed by atoms with van der Waals surface area (Å²) >= 11 is 1.14. The van der Waals surface area contributed by atoms with Crippen LogP contribution >= 0.6 is 11.8 Å². The van der Waals surface area contributed by atoms with Crippen molar-refractivity contribution in [2.45, 2.75) is 56.7 Å². The zero-order valence-corrected chi connectivity index (χ0v) is 16.5. The first-order chi connectivity index (χ1) is 12.8. The van der Waals surface area contributed by atoms with E-state index in [1.807, 2.05) is 6.92 Å². The number of rotatable bonds is 9. The van der Waals surface area contributed by atoms with Crippen LogP contribution in [-0.4, -0.2) is 63.8 Å². The molecule has 0 bridgehead atoms. The van der Waals surface area contributed by atoms with Crippen LogP contribution in [0.15, 0.2) is 0 Å². The summed E-state index contributed by atoms with van der Waals surface area (Å²) in [5, 5.41) is 11.2. The van der Waals surface area contributed by atoms with E-state index in [1.54, 1.807) is 0 Å². The Morgan fingerprint density at radius 2 is 1.96 bits per heavy atom. The van der Waals surface area contributed by atoms with E-state index in [9.17, 15) is 19.2 Å². The summed E-state index contributed by atoms with van der Waals surface area (Å²) in [5.74, 6) is -1.11. The van der Waals surface area contributed by atoms with Crippen molar-refractivity contribution in [3.8, 4) is 0 Å². The molecule has 1 aliphatic heterocycles. The number of hydrogen-bond acceptors (Lipinski definition) is 6. The van der Waals surface area contributed by atoms with Crippen molar-refractivity contribution in [1.29, 1.82) is 0 Å². The molecule has 0 aromatic rings. The number of carbonyl (C=O) groups excluding carboxylic acids is 3. The van der Waals surface area contributed by atoms with E-state index in [4.69, 9.17) is 10.8 Å². The van der Waals surface area contributed by atoms with Gasteiger partial charge in [-0.2, -0.15) is 0 Å². The number of carboxylic acid groups (broad SMARTS) is 1. The molecule has 0 aromatic heterocycles. The Morgan fingerprint density at radius 1 is 1.30 bits per heavy atom. The molecule has 2 fully saturated rings. The van der Waals surface area contributed by atoms with Crippen LogP contribution in [-0.2, 0) is 19.2 Å². The normalized spacial score (nSPS) is 26.9. The molecular weight excluding hydrogens is 370 g/mol. The number of nitrogens with one attached hydrogen (secondary N) is 1. The number of nitrogens with two attached hydrogens (primary N) is 1. The Kier molecular flexibility index (Phi) is 8.09. The summed E-state index contributed by atoms with van der Waals surface area (Å²) < 4.78 is 0. The maximum Gasteiger partial charge on any atom is 0.321 e. The summed E-state index contributed by atoms with van der Waals surface area (Å²) in [5.41, 5.74) is 5.46. The fraction of sp³-hybridized carbons (Fsp3) is 0.778. The number of amides is 3. The third-order valence-corrected chi connectivity index (χ3v) is 6.53. The van der Waals surface area contributed by atoms with Gasteiger partial charge in [0.2, 0.25) is 17.7 Å². The monoisotopic (exact) mass is 399 g/mol. The molecule has 2 aliphatic rings. The number of imide groups is 1. The van der Waals surface area contributed by atoms with Crippen LogP contribution in [0.5, 0.6) is 0 Å². The molecule has 0 spiro atoms. The Morgan fingerprint density at radius 3 is 2.56 bits per heavy atom. The molecule has 1 heterocycles. The standard InChI is InChI=1S/C18H29N3O5S/c1-2-7-20-16(23)12-5-3-11(4-6-12)9-21-15(22)8-14(17(21)24)27-10-13(19)18(25)26/h11-14H,2-10,19H2,1H3,(H,20,23)(H,25,26). The smallest absolute Gasteiger partial charge is 0.321 e. The number of hydrogen-bond donors (Lipinski definition) is 3. The van der Waals surface area contributed by atoms with E-state index < -0.39 is 17.3 Å². The predicted octanol–water partition coefficient (Wildman–Crippen LogP) is 0.592. The van der Waals surface area contributed by atoms with Gasteiger partial charge in [-0.05, 0) is 38.0 Å². The van der Waals surface area contributed by atoms with Gasteiger partial charge < -0.3 is 16.2 Å². The summed E-state index contributed by atoms with van der Waals surface area (Å²) in [4.78, 5) is 48.9. The minimum atomic E-state index is -1.11. The second kappa shape index (κ2) is 10.1. The number of carboxylic acids is 1. The maximum absolute atomic E-state index is 12.5. The van der Waals surface area contributed by atoms with Gasteiger partial charge in [0.25, 0.3) is 0 Å². The van der Waals surface area contributed by atoms with Crippen LogP contribution in [0.4, 0.5) is 0 Å². The van der Waals surface area contributed by atoms with Gasteiger partial charge in [-0.25, -0.2) is 0 Å². The first-order valence-electron chi connectivity index (χ1n) is 9.55. The lowest BCUT2D eigenvalue weighted by Gasteiger charge is -2.30. The van der Waals surface area contributed by atoms with Crippen LogP contribution in [0.3, 0.4) is 0 Å². The lowest BCUT2D eigenvalue weighted by molar-refractivity contribution is -0.140. The van der Waals surface area contributed by atoms with Gasteiger partial charge in [-0.15, -0.1) is 11.8 Å². The second-order valence-corrected chi connectivity index (χ2v) is 8.56. The average molecular weight is 400 g/mol. The number of thioether (sulfide) groups is 1. The van der Waals surface area contributed by atoms with E-state index in [1.165, 1.54) is 4.90 Å². The van der Waals surface area contributed by atoms with Crippen molar-refractivity contribution in [2.75, 3.05) is 18.8 Å². The topological polar surface area (TPSA) is 130 Å². The van der Waals surface area contributed by atoms with Crippen LogP contribution < -0.4 is 11.1 Å². The van der Waals surface area contributed by atoms with Crippen molar-refractivity contribution in [2.24, 2.45) is 17.6 Å². The molecular formula is C18H29N3O5S. The molecule has 1 saturated carbocycles. The Hall–Kier alpha value is -1.61. The summed E-state index contributed by atoms with van der Waals surface area (Å²) in [6.45, 7) is 3.10. The fourth-order valence-electron chi connectivity index (χ4n) is 3.52. The zero-order valence-electron chi connectivity index (χ0n) is 15.7. The molecule has 4 N–H and O–H groups in total. The third-order valence-electron chi connectivity index (χ3n) is 5.20. The van der Waals surface area contributed by atoms with Gasteiger partial charge in [-0.1, -0.05) is 6.92 Å². The van der Waals surface area contributed by atoms with Crippen LogP contribution in [0.25, 0.3) is 0 Å². The van der Waals surface area contributed by atoms with Gasteiger partial charge in [0.15, 0.2) is 0 Å². The molecule has 27 heavy (non-hydrogen) atoms. The molecule has 3 amide bonds. The lowest BCUT2D eigenvalue weighted by Crippen LogP contribution is -2.39. The van der Waals surface area contributed by atoms with Gasteiger partial charge in [0.05, 0.1) is 5.25 Å². The van der Waals surface area contributed by atoms with E-state index in [-0.39, 0.29) is 41.7 Å². The summed E-state index contributed by atoms with van der Waals surface area (Å²) in [6.07, 6.45) is 4.22. The molecule has 2 atom stereocenters. The quantitative estimate of drug-likeness (QED) is 0.484. The molecule has 8 nitrogen and oxygen atoms in total. The van der Waals surface area contributed by atoms with Gasteiger partial charge in [0, 0.05) is 31.2 Å². The first kappa shape index (κ1) is 21.7. The second-order valence-electron chi connectivity index (χ2n) is 7.32. The van der Waals surface area contributed by atoms with Crippen LogP contribution in [0, 0.1) is 11.8 Å². The van der Waals surface area contributed by atoms with Crippen LogP contribution in [0.2, 0.25) is 0 Å². The van der Waals surface area contributed by atoms with Crippen molar-refractivity contribution >= 4 is 35.5 Å². The minimum Gasteiger partial charge on any atom is -0.480 e. The van der Waals surface area contributed by atoms with Crippen molar-refractivity contribution < 1.29 is 24.3 Å². The van der Waals surface area contributed by atoms with E-state index >= 15 is 0 Å². The fourth-order valence-corrected chi connectivity index (χ4v) is 4.64. The molecule has 0 radical (unpaired) electrons. The van der Waals surface area contributed by atoms with Gasteiger partial charge in [-0.3, -0.25) is 24.1 Å². The molecule has 0 aromatic carbocycles. The molecule has 152 valence electrons. The zero-order chi connectivity index (χ0) is 20.0. The summed E-state index contributed by atoms with van der Waals surface area (Å²) in [7, 11) is 0. The maximum atomic E-state index is 12.5. The minimum absolute atomic E-state index is 0.0265. The van der Waals surface area contributed by atoms with E-state index in [0.29, 0.717) is 13.1 Å². The molecule has 2 rings (SSSR count). The SMILES string of the molecule is CCCNC(=O)C1CCC(CN2C(=O)CC(SCC(N)C(=O)O)C2=O)CC1. The first-order valence-corrected chi connectivity index (χ1v) is 10.6. The Labute approximate surface area is 163 Å². The molecule has 2 unspecified atom stereocenters. The number of nitrogens with zero attached hydrogens (tertiary/aromatic N) is 1.